The first kappa shape index (κ1) is 19.6. The third kappa shape index (κ3) is 4.96. The molecule has 0 spiro atoms. The van der Waals surface area contributed by atoms with E-state index in [0.717, 1.165) is 23.3 Å². The highest BCUT2D eigenvalue weighted by atomic mass is 32.1. The summed E-state index contributed by atoms with van der Waals surface area (Å²) in [6.07, 6.45) is 2.09. The van der Waals surface area contributed by atoms with Crippen LogP contribution in [0.3, 0.4) is 0 Å². The summed E-state index contributed by atoms with van der Waals surface area (Å²) in [4.78, 5) is 28.6. The van der Waals surface area contributed by atoms with Crippen LogP contribution in [0.5, 0.6) is 0 Å². The number of carbonyl (C=O) groups excluding carboxylic acids is 2. The van der Waals surface area contributed by atoms with E-state index in [1.165, 1.54) is 10.4 Å². The lowest BCUT2D eigenvalue weighted by molar-refractivity contribution is 0.0303. The highest BCUT2D eigenvalue weighted by molar-refractivity contribution is 7.14. The Morgan fingerprint density at radius 1 is 1.19 bits per heavy atom. The van der Waals surface area contributed by atoms with Gasteiger partial charge in [0.15, 0.2) is 0 Å². The van der Waals surface area contributed by atoms with Crippen molar-refractivity contribution in [2.75, 3.05) is 26.3 Å². The first-order chi connectivity index (χ1) is 13.1. The van der Waals surface area contributed by atoms with E-state index < -0.39 is 0 Å². The fourth-order valence-electron chi connectivity index (χ4n) is 3.13. The fourth-order valence-corrected chi connectivity index (χ4v) is 4.12. The molecule has 1 fully saturated rings. The molecule has 2 aromatic rings. The number of thiophene rings is 1. The number of amides is 2. The van der Waals surface area contributed by atoms with E-state index in [1.807, 2.05) is 35.2 Å². The van der Waals surface area contributed by atoms with Gasteiger partial charge in [0.2, 0.25) is 0 Å². The molecule has 27 heavy (non-hydrogen) atoms. The first-order valence-corrected chi connectivity index (χ1v) is 10.2. The Balaban J connectivity index is 1.56. The van der Waals surface area contributed by atoms with Crippen LogP contribution in [0, 0.1) is 6.92 Å². The molecule has 0 saturated carbocycles. The van der Waals surface area contributed by atoms with Crippen molar-refractivity contribution in [2.24, 2.45) is 0 Å². The maximum atomic E-state index is 12.5. The lowest BCUT2D eigenvalue weighted by Gasteiger charge is -2.26. The summed E-state index contributed by atoms with van der Waals surface area (Å²) in [6.45, 7) is 7.12. The van der Waals surface area contributed by atoms with Crippen LogP contribution in [0.15, 0.2) is 30.3 Å². The van der Waals surface area contributed by atoms with Gasteiger partial charge >= 0.3 is 0 Å². The van der Waals surface area contributed by atoms with Crippen molar-refractivity contribution in [3.63, 3.8) is 0 Å². The molecule has 1 saturated heterocycles. The maximum Gasteiger partial charge on any atom is 0.261 e. The predicted molar refractivity (Wildman–Crippen MR) is 107 cm³/mol. The SMILES string of the molecule is CCCc1cc(C(=O)NCc2ccc(C(=O)N3CCOCC3)cc2)sc1C. The van der Waals surface area contributed by atoms with Gasteiger partial charge in [-0.3, -0.25) is 9.59 Å². The van der Waals surface area contributed by atoms with E-state index in [1.54, 1.807) is 11.3 Å². The summed E-state index contributed by atoms with van der Waals surface area (Å²) in [6, 6.07) is 9.46. The van der Waals surface area contributed by atoms with Gasteiger partial charge in [0.05, 0.1) is 18.1 Å². The van der Waals surface area contributed by atoms with Crippen molar-refractivity contribution < 1.29 is 14.3 Å². The second-order valence-electron chi connectivity index (χ2n) is 6.73. The zero-order valence-corrected chi connectivity index (χ0v) is 16.7. The number of benzene rings is 1. The third-order valence-electron chi connectivity index (χ3n) is 4.72. The quantitative estimate of drug-likeness (QED) is 0.828. The summed E-state index contributed by atoms with van der Waals surface area (Å²) in [7, 11) is 0. The highest BCUT2D eigenvalue weighted by Crippen LogP contribution is 2.23. The van der Waals surface area contributed by atoms with Gasteiger partial charge in [-0.25, -0.2) is 0 Å². The summed E-state index contributed by atoms with van der Waals surface area (Å²) in [5.41, 5.74) is 2.91. The normalized spacial score (nSPS) is 14.2. The second kappa shape index (κ2) is 9.15. The van der Waals surface area contributed by atoms with E-state index >= 15 is 0 Å². The minimum atomic E-state index is -0.0427. The third-order valence-corrected chi connectivity index (χ3v) is 5.81. The van der Waals surface area contributed by atoms with Crippen molar-refractivity contribution in [3.8, 4) is 0 Å². The molecule has 0 atom stereocenters. The molecule has 3 rings (SSSR count). The maximum absolute atomic E-state index is 12.5. The Labute approximate surface area is 164 Å². The Morgan fingerprint density at radius 2 is 1.89 bits per heavy atom. The highest BCUT2D eigenvalue weighted by Gasteiger charge is 2.18. The molecule has 0 bridgehead atoms. The molecule has 1 aliphatic rings. The van der Waals surface area contributed by atoms with Crippen molar-refractivity contribution in [2.45, 2.75) is 33.2 Å². The van der Waals surface area contributed by atoms with Crippen LogP contribution >= 0.6 is 11.3 Å². The van der Waals surface area contributed by atoms with Gasteiger partial charge in [-0.15, -0.1) is 11.3 Å². The van der Waals surface area contributed by atoms with Crippen molar-refractivity contribution in [3.05, 3.63) is 56.8 Å². The smallest absolute Gasteiger partial charge is 0.261 e. The van der Waals surface area contributed by atoms with E-state index in [4.69, 9.17) is 4.74 Å². The average Bonchev–Trinajstić information content (AvgIpc) is 3.07. The lowest BCUT2D eigenvalue weighted by Crippen LogP contribution is -2.40. The number of nitrogens with zero attached hydrogens (tertiary/aromatic N) is 1. The average molecular weight is 387 g/mol. The molecule has 1 N–H and O–H groups in total. The predicted octanol–water partition coefficient (Wildman–Crippen LogP) is 3.41. The molecule has 5 nitrogen and oxygen atoms in total. The lowest BCUT2D eigenvalue weighted by atomic mass is 10.1. The van der Waals surface area contributed by atoms with Crippen LogP contribution in [0.25, 0.3) is 0 Å². The first-order valence-electron chi connectivity index (χ1n) is 9.42. The minimum absolute atomic E-state index is 0.0337. The largest absolute Gasteiger partial charge is 0.378 e. The van der Waals surface area contributed by atoms with Crippen LogP contribution in [0.4, 0.5) is 0 Å². The Morgan fingerprint density at radius 3 is 2.56 bits per heavy atom. The van der Waals surface area contributed by atoms with Crippen LogP contribution < -0.4 is 5.32 Å². The topological polar surface area (TPSA) is 58.6 Å². The molecule has 2 heterocycles. The van der Waals surface area contributed by atoms with Crippen LogP contribution in [-0.2, 0) is 17.7 Å². The molecule has 1 aliphatic heterocycles. The van der Waals surface area contributed by atoms with Gasteiger partial charge in [-0.1, -0.05) is 25.5 Å². The molecule has 6 heteroatoms. The molecule has 0 aliphatic carbocycles. The van der Waals surface area contributed by atoms with E-state index in [0.29, 0.717) is 38.4 Å². The fraction of sp³-hybridized carbons (Fsp3) is 0.429. The number of rotatable bonds is 6. The molecule has 1 aromatic heterocycles. The van der Waals surface area contributed by atoms with Crippen LogP contribution in [0.2, 0.25) is 0 Å². The Bertz CT molecular complexity index is 792. The van der Waals surface area contributed by atoms with Gasteiger partial charge in [0.25, 0.3) is 11.8 Å². The van der Waals surface area contributed by atoms with Gasteiger partial charge in [-0.05, 0) is 42.7 Å². The molecule has 0 radical (unpaired) electrons. The number of ether oxygens (including phenoxy) is 1. The standard InChI is InChI=1S/C21H26N2O3S/c1-3-4-18-13-19(27-15(18)2)20(24)22-14-16-5-7-17(8-6-16)21(25)23-9-11-26-12-10-23/h5-8,13H,3-4,9-12,14H2,1-2H3,(H,22,24). The number of morpholine rings is 1. The second-order valence-corrected chi connectivity index (χ2v) is 7.98. The van der Waals surface area contributed by atoms with Gasteiger partial charge in [0.1, 0.15) is 0 Å². The minimum Gasteiger partial charge on any atom is -0.378 e. The number of aryl methyl sites for hydroxylation is 2. The van der Waals surface area contributed by atoms with Crippen molar-refractivity contribution in [1.82, 2.24) is 10.2 Å². The Hall–Kier alpha value is -2.18. The van der Waals surface area contributed by atoms with E-state index in [-0.39, 0.29) is 11.8 Å². The number of hydrogen-bond acceptors (Lipinski definition) is 4. The summed E-state index contributed by atoms with van der Waals surface area (Å²) >= 11 is 1.55. The van der Waals surface area contributed by atoms with Gasteiger partial charge < -0.3 is 15.0 Å². The number of carbonyl (C=O) groups is 2. The summed E-state index contributed by atoms with van der Waals surface area (Å²) in [5, 5.41) is 2.97. The van der Waals surface area contributed by atoms with E-state index in [2.05, 4.69) is 19.2 Å². The monoisotopic (exact) mass is 386 g/mol. The zero-order valence-electron chi connectivity index (χ0n) is 15.9. The van der Waals surface area contributed by atoms with E-state index in [9.17, 15) is 9.59 Å². The van der Waals surface area contributed by atoms with Gasteiger partial charge in [0, 0.05) is 30.1 Å². The van der Waals surface area contributed by atoms with Crippen LogP contribution in [-0.4, -0.2) is 43.0 Å². The van der Waals surface area contributed by atoms with Gasteiger partial charge in [-0.2, -0.15) is 0 Å². The van der Waals surface area contributed by atoms with Crippen molar-refractivity contribution >= 4 is 23.2 Å². The molecular weight excluding hydrogens is 360 g/mol. The zero-order chi connectivity index (χ0) is 19.2. The molecule has 144 valence electrons. The van der Waals surface area contributed by atoms with Crippen molar-refractivity contribution in [1.29, 1.82) is 0 Å². The number of nitrogens with one attached hydrogen (secondary N) is 1. The number of hydrogen-bond donors (Lipinski definition) is 1. The summed E-state index contributed by atoms with van der Waals surface area (Å²) < 4.78 is 5.28. The van der Waals surface area contributed by atoms with Crippen LogP contribution in [0.1, 0.15) is 49.4 Å². The Kier molecular flexibility index (Phi) is 6.63. The molecule has 1 aromatic carbocycles. The molecular formula is C21H26N2O3S. The summed E-state index contributed by atoms with van der Waals surface area (Å²) in [5.74, 6) is -0.00896. The molecule has 2 amide bonds. The molecule has 0 unspecified atom stereocenters.